The topological polar surface area (TPSA) is 35.2 Å². The van der Waals surface area contributed by atoms with Crippen molar-refractivity contribution in [2.75, 3.05) is 19.7 Å². The Morgan fingerprint density at radius 2 is 2.57 bits per heavy atom. The Labute approximate surface area is 45.1 Å². The average molecular weight is 102 g/mol. The van der Waals surface area contributed by atoms with Gasteiger partial charge in [0.25, 0.3) is 0 Å². The number of rotatable bonds is 1. The van der Waals surface area contributed by atoms with Gasteiger partial charge in [-0.15, -0.1) is 0 Å². The van der Waals surface area contributed by atoms with E-state index in [1.54, 1.807) is 0 Å². The summed E-state index contributed by atoms with van der Waals surface area (Å²) in [7, 11) is 0. The Hall–Kier alpha value is -0.0800. The summed E-state index contributed by atoms with van der Waals surface area (Å²) in [6.45, 7) is 2.79. The van der Waals surface area contributed by atoms with Crippen molar-refractivity contribution in [3.8, 4) is 0 Å². The Morgan fingerprint density at radius 1 is 2.00 bits per heavy atom. The molecule has 1 rings (SSSR count). The molecule has 7 heavy (non-hydrogen) atoms. The van der Waals surface area contributed by atoms with Gasteiger partial charge in [-0.2, -0.15) is 0 Å². The minimum absolute atomic E-state index is 0.0556. The summed E-state index contributed by atoms with van der Waals surface area (Å²) in [6.07, 6.45) is 0. The first kappa shape index (κ1) is 3.87. The molecule has 0 aromatic heterocycles. The third-order valence-corrected chi connectivity index (χ3v) is 1.27. The molecule has 1 saturated heterocycles. The number of ether oxygens (including phenoxy) is 1. The second kappa shape index (κ2) is 1.46. The predicted molar refractivity (Wildman–Crippen MR) is 28.0 cm³/mol. The zero-order chi connectivity index (χ0) is 6.20. The van der Waals surface area contributed by atoms with Gasteiger partial charge in [0.1, 0.15) is 0 Å². The first-order chi connectivity index (χ1) is 3.65. The minimum Gasteiger partial charge on any atom is -0.380 e. The number of nitrogens with two attached hydrogens (primary N) is 1. The van der Waals surface area contributed by atoms with Gasteiger partial charge < -0.3 is 10.5 Å². The van der Waals surface area contributed by atoms with Crippen LogP contribution in [0.4, 0.5) is 0 Å². The third-order valence-electron chi connectivity index (χ3n) is 1.27. The maximum atomic E-state index is 7.13. The zero-order valence-corrected chi connectivity index (χ0v) is 4.48. The van der Waals surface area contributed by atoms with Gasteiger partial charge in [0, 0.05) is 13.3 Å². The van der Waals surface area contributed by atoms with Gasteiger partial charge in [0.05, 0.1) is 13.2 Å². The van der Waals surface area contributed by atoms with E-state index in [9.17, 15) is 0 Å². The highest BCUT2D eigenvalue weighted by atomic mass is 16.5. The third kappa shape index (κ3) is 0.763. The highest BCUT2D eigenvalue weighted by Gasteiger charge is 2.31. The van der Waals surface area contributed by atoms with Crippen molar-refractivity contribution < 1.29 is 6.11 Å². The quantitative estimate of drug-likeness (QED) is 0.505. The molecule has 2 nitrogen and oxygen atoms in total. The van der Waals surface area contributed by atoms with E-state index in [1.165, 1.54) is 0 Å². The molecule has 1 fully saturated rings. The molecule has 1 atom stereocenters. The van der Waals surface area contributed by atoms with Crippen molar-refractivity contribution >= 4 is 0 Å². The SMILES string of the molecule is [2H]C(N)C1(C)COC1. The van der Waals surface area contributed by atoms with E-state index in [0.717, 1.165) is 0 Å². The van der Waals surface area contributed by atoms with Gasteiger partial charge in [-0.1, -0.05) is 6.92 Å². The molecular weight excluding hydrogens is 90.1 g/mol. The average Bonchev–Trinajstić information content (AvgIpc) is 1.60. The Bertz CT molecular complexity index is 90.4. The van der Waals surface area contributed by atoms with Crippen molar-refractivity contribution in [2.45, 2.75) is 6.92 Å². The standard InChI is InChI=1S/C5H11NO/c1-5(2-6)3-7-4-5/h2-4,6H2,1H3/i2D. The monoisotopic (exact) mass is 102 g/mol. The van der Waals surface area contributed by atoms with Crippen LogP contribution in [0.3, 0.4) is 0 Å². The lowest BCUT2D eigenvalue weighted by Crippen LogP contribution is -2.45. The largest absolute Gasteiger partial charge is 0.380 e. The van der Waals surface area contributed by atoms with Crippen LogP contribution >= 0.6 is 0 Å². The Kier molecular flexibility index (Phi) is 0.804. The van der Waals surface area contributed by atoms with Crippen LogP contribution in [0.15, 0.2) is 0 Å². The van der Waals surface area contributed by atoms with Crippen LogP contribution in [0.2, 0.25) is 0 Å². The molecule has 2 heteroatoms. The van der Waals surface area contributed by atoms with Crippen molar-refractivity contribution in [1.82, 2.24) is 0 Å². The molecule has 1 heterocycles. The van der Waals surface area contributed by atoms with Crippen molar-refractivity contribution in [3.63, 3.8) is 0 Å². The summed E-state index contributed by atoms with van der Waals surface area (Å²) in [6, 6.07) is 0. The maximum absolute atomic E-state index is 7.13. The molecule has 0 spiro atoms. The molecule has 1 unspecified atom stereocenters. The van der Waals surface area contributed by atoms with Gasteiger partial charge in [-0.25, -0.2) is 0 Å². The van der Waals surface area contributed by atoms with Crippen molar-refractivity contribution in [2.24, 2.45) is 11.1 Å². The highest BCUT2D eigenvalue weighted by molar-refractivity contribution is 4.80. The van der Waals surface area contributed by atoms with E-state index in [4.69, 9.17) is 11.8 Å². The van der Waals surface area contributed by atoms with E-state index in [1.807, 2.05) is 6.92 Å². The summed E-state index contributed by atoms with van der Waals surface area (Å²) < 4.78 is 12.0. The van der Waals surface area contributed by atoms with Gasteiger partial charge in [0.15, 0.2) is 0 Å². The van der Waals surface area contributed by atoms with E-state index >= 15 is 0 Å². The molecule has 0 amide bonds. The van der Waals surface area contributed by atoms with Crippen LogP contribution in [0.25, 0.3) is 0 Å². The molecule has 1 aliphatic heterocycles. The van der Waals surface area contributed by atoms with Crippen LogP contribution < -0.4 is 5.73 Å². The first-order valence-electron chi connectivity index (χ1n) is 2.98. The molecule has 0 saturated carbocycles. The van der Waals surface area contributed by atoms with Gasteiger partial charge in [-0.3, -0.25) is 0 Å². The van der Waals surface area contributed by atoms with Crippen LogP contribution in [-0.2, 0) is 4.74 Å². The number of hydrogen-bond acceptors (Lipinski definition) is 2. The fourth-order valence-corrected chi connectivity index (χ4v) is 0.520. The highest BCUT2D eigenvalue weighted by Crippen LogP contribution is 2.23. The second-order valence-electron chi connectivity index (χ2n) is 2.31. The van der Waals surface area contributed by atoms with E-state index in [0.29, 0.717) is 13.2 Å². The molecule has 0 aromatic rings. The lowest BCUT2D eigenvalue weighted by molar-refractivity contribution is -0.0947. The normalized spacial score (nSPS) is 33.1. The summed E-state index contributed by atoms with van der Waals surface area (Å²) in [5, 5.41) is 0. The smallest absolute Gasteiger partial charge is 0.0554 e. The van der Waals surface area contributed by atoms with Crippen LogP contribution in [0.5, 0.6) is 0 Å². The van der Waals surface area contributed by atoms with Crippen LogP contribution in [0, 0.1) is 5.41 Å². The molecule has 42 valence electrons. The lowest BCUT2D eigenvalue weighted by atomic mass is 9.89. The Morgan fingerprint density at radius 3 is 2.57 bits per heavy atom. The van der Waals surface area contributed by atoms with Crippen LogP contribution in [-0.4, -0.2) is 19.7 Å². The molecule has 0 aliphatic carbocycles. The second-order valence-corrected chi connectivity index (χ2v) is 2.31. The summed E-state index contributed by atoms with van der Waals surface area (Å²) >= 11 is 0. The first-order valence-corrected chi connectivity index (χ1v) is 2.41. The van der Waals surface area contributed by atoms with Gasteiger partial charge in [-0.05, 0) is 0 Å². The summed E-state index contributed by atoms with van der Waals surface area (Å²) in [4.78, 5) is 0. The Balaban J connectivity index is 2.41. The van der Waals surface area contributed by atoms with Crippen molar-refractivity contribution in [3.05, 3.63) is 0 Å². The summed E-state index contributed by atoms with van der Waals surface area (Å²) in [5.74, 6) is 0. The predicted octanol–water partition coefficient (Wildman–Crippen LogP) is -0.0184. The molecule has 0 aromatic carbocycles. The van der Waals surface area contributed by atoms with Gasteiger partial charge in [0.2, 0.25) is 0 Å². The molecule has 1 aliphatic rings. The zero-order valence-electron chi connectivity index (χ0n) is 5.48. The van der Waals surface area contributed by atoms with Gasteiger partial charge >= 0.3 is 0 Å². The molecular formula is C5H11NO. The fourth-order valence-electron chi connectivity index (χ4n) is 0.520. The molecule has 0 bridgehead atoms. The molecule has 2 N–H and O–H groups in total. The molecule has 0 radical (unpaired) electrons. The minimum atomic E-state index is -0.476. The van der Waals surface area contributed by atoms with E-state index < -0.39 is 6.52 Å². The maximum Gasteiger partial charge on any atom is 0.0554 e. The fraction of sp³-hybridized carbons (Fsp3) is 1.00. The van der Waals surface area contributed by atoms with E-state index in [-0.39, 0.29) is 5.41 Å². The van der Waals surface area contributed by atoms with E-state index in [2.05, 4.69) is 0 Å². The lowest BCUT2D eigenvalue weighted by Gasteiger charge is -2.36. The van der Waals surface area contributed by atoms with Crippen LogP contribution in [0.1, 0.15) is 8.29 Å². The van der Waals surface area contributed by atoms with Crippen molar-refractivity contribution in [1.29, 1.82) is 0 Å². The number of hydrogen-bond donors (Lipinski definition) is 1. The summed E-state index contributed by atoms with van der Waals surface area (Å²) in [5.41, 5.74) is 5.26.